The highest BCUT2D eigenvalue weighted by molar-refractivity contribution is 5.13. The normalized spacial score (nSPS) is 26.6. The van der Waals surface area contributed by atoms with Crippen LogP contribution in [0.4, 0.5) is 0 Å². The van der Waals surface area contributed by atoms with Gasteiger partial charge in [0.15, 0.2) is 6.23 Å². The minimum absolute atomic E-state index is 0.207. The van der Waals surface area contributed by atoms with Gasteiger partial charge in [-0.15, -0.1) is 0 Å². The fraction of sp³-hybridized carbons (Fsp3) is 0.375. The zero-order chi connectivity index (χ0) is 17.1. The number of rotatable bonds is 5. The Labute approximate surface area is 136 Å². The average molecular weight is 334 g/mol. The number of nitrogens with one attached hydrogen (secondary N) is 1. The Morgan fingerprint density at radius 1 is 1.21 bits per heavy atom. The zero-order valence-electron chi connectivity index (χ0n) is 12.7. The molecule has 3 rings (SSSR count). The fourth-order valence-corrected chi connectivity index (χ4v) is 2.67. The van der Waals surface area contributed by atoms with Gasteiger partial charge >= 0.3 is 5.69 Å². The number of H-pyrrole nitrogens is 1. The van der Waals surface area contributed by atoms with Gasteiger partial charge in [0.2, 0.25) is 0 Å². The molecule has 0 unspecified atom stereocenters. The minimum Gasteiger partial charge on any atom is -0.394 e. The average Bonchev–Trinajstić information content (AvgIpc) is 2.90. The molecule has 24 heavy (non-hydrogen) atoms. The van der Waals surface area contributed by atoms with Gasteiger partial charge in [0, 0.05) is 12.3 Å². The van der Waals surface area contributed by atoms with E-state index in [1.54, 1.807) is 0 Å². The second-order valence-electron chi connectivity index (χ2n) is 5.52. The van der Waals surface area contributed by atoms with Crippen molar-refractivity contribution < 1.29 is 19.7 Å². The van der Waals surface area contributed by atoms with Gasteiger partial charge in [-0.25, -0.2) is 4.79 Å². The smallest absolute Gasteiger partial charge is 0.330 e. The van der Waals surface area contributed by atoms with Gasteiger partial charge in [-0.3, -0.25) is 14.3 Å². The summed E-state index contributed by atoms with van der Waals surface area (Å²) in [6.07, 6.45) is -2.54. The van der Waals surface area contributed by atoms with Crippen molar-refractivity contribution in [3.05, 3.63) is 69.0 Å². The van der Waals surface area contributed by atoms with Crippen LogP contribution in [0.25, 0.3) is 0 Å². The molecule has 8 nitrogen and oxygen atoms in total. The summed E-state index contributed by atoms with van der Waals surface area (Å²) >= 11 is 0. The lowest BCUT2D eigenvalue weighted by molar-refractivity contribution is -0.0797. The lowest BCUT2D eigenvalue weighted by atomic mass is 10.1. The van der Waals surface area contributed by atoms with Crippen LogP contribution in [0.5, 0.6) is 0 Å². The number of aliphatic hydroxyl groups is 2. The molecule has 0 saturated carbocycles. The summed E-state index contributed by atoms with van der Waals surface area (Å²) in [5.41, 5.74) is -0.313. The van der Waals surface area contributed by atoms with E-state index in [9.17, 15) is 19.8 Å². The maximum absolute atomic E-state index is 12.0. The fourth-order valence-electron chi connectivity index (χ4n) is 2.67. The Morgan fingerprint density at radius 2 is 1.96 bits per heavy atom. The van der Waals surface area contributed by atoms with Gasteiger partial charge in [0.25, 0.3) is 5.56 Å². The Morgan fingerprint density at radius 3 is 2.62 bits per heavy atom. The predicted molar refractivity (Wildman–Crippen MR) is 83.3 cm³/mol. The molecule has 8 heteroatoms. The standard InChI is InChI=1S/C16H18N2O6/c19-8-11-13(21)14(23-9-10-4-2-1-3-5-10)15(24-11)18-7-6-12(20)17-16(18)22/h1-7,11,13-15,19,21H,8-9H2,(H,17,20,22)/t11-,13-,14-,15-/m1/s1. The van der Waals surface area contributed by atoms with Crippen molar-refractivity contribution >= 4 is 0 Å². The van der Waals surface area contributed by atoms with Crippen LogP contribution in [0, 0.1) is 0 Å². The third kappa shape index (κ3) is 3.31. The lowest BCUT2D eigenvalue weighted by Gasteiger charge is -2.22. The van der Waals surface area contributed by atoms with Crippen LogP contribution in [0.15, 0.2) is 52.2 Å². The maximum atomic E-state index is 12.0. The van der Waals surface area contributed by atoms with E-state index >= 15 is 0 Å². The molecule has 128 valence electrons. The monoisotopic (exact) mass is 334 g/mol. The number of hydrogen-bond acceptors (Lipinski definition) is 6. The molecule has 1 aromatic heterocycles. The van der Waals surface area contributed by atoms with E-state index in [-0.39, 0.29) is 6.61 Å². The zero-order valence-corrected chi connectivity index (χ0v) is 12.7. The first-order valence-corrected chi connectivity index (χ1v) is 7.51. The van der Waals surface area contributed by atoms with E-state index in [1.807, 2.05) is 30.3 Å². The first-order chi connectivity index (χ1) is 11.6. The van der Waals surface area contributed by atoms with Crippen LogP contribution in [-0.2, 0) is 16.1 Å². The molecule has 3 N–H and O–H groups in total. The molecular formula is C16H18N2O6. The Bertz CT molecular complexity index is 787. The molecule has 1 aliphatic heterocycles. The minimum atomic E-state index is -1.11. The molecule has 2 heterocycles. The SMILES string of the molecule is O=c1ccn([C@@H]2O[C@H](CO)[C@@H](O)[C@H]2OCc2ccccc2)c(=O)[nH]1. The van der Waals surface area contributed by atoms with Crippen LogP contribution >= 0.6 is 0 Å². The highest BCUT2D eigenvalue weighted by Crippen LogP contribution is 2.31. The van der Waals surface area contributed by atoms with Crippen LogP contribution in [-0.4, -0.2) is 44.7 Å². The molecule has 0 radical (unpaired) electrons. The molecule has 4 atom stereocenters. The number of aliphatic hydroxyl groups excluding tert-OH is 2. The Hall–Kier alpha value is -2.26. The van der Waals surface area contributed by atoms with E-state index in [2.05, 4.69) is 4.98 Å². The summed E-state index contributed by atoms with van der Waals surface area (Å²) in [5, 5.41) is 19.6. The first kappa shape index (κ1) is 16.6. The number of benzene rings is 1. The van der Waals surface area contributed by atoms with Crippen LogP contribution in [0.3, 0.4) is 0 Å². The number of aromatic amines is 1. The van der Waals surface area contributed by atoms with Crippen molar-refractivity contribution in [2.24, 2.45) is 0 Å². The highest BCUT2D eigenvalue weighted by Gasteiger charge is 2.45. The molecular weight excluding hydrogens is 316 g/mol. The van der Waals surface area contributed by atoms with Gasteiger partial charge in [0.05, 0.1) is 13.2 Å². The van der Waals surface area contributed by atoms with E-state index < -0.39 is 42.4 Å². The van der Waals surface area contributed by atoms with E-state index in [0.29, 0.717) is 0 Å². The largest absolute Gasteiger partial charge is 0.394 e. The van der Waals surface area contributed by atoms with Crippen LogP contribution < -0.4 is 11.2 Å². The van der Waals surface area contributed by atoms with Gasteiger partial charge < -0.3 is 19.7 Å². The van der Waals surface area contributed by atoms with Gasteiger partial charge in [-0.1, -0.05) is 30.3 Å². The number of ether oxygens (including phenoxy) is 2. The van der Waals surface area contributed by atoms with Crippen molar-refractivity contribution in [2.75, 3.05) is 6.61 Å². The number of nitrogens with zero attached hydrogens (tertiary/aromatic N) is 1. The second-order valence-corrected chi connectivity index (χ2v) is 5.52. The van der Waals surface area contributed by atoms with Crippen molar-refractivity contribution in [1.29, 1.82) is 0 Å². The molecule has 0 aliphatic carbocycles. The van der Waals surface area contributed by atoms with Crippen molar-refractivity contribution in [1.82, 2.24) is 9.55 Å². The Balaban J connectivity index is 1.85. The maximum Gasteiger partial charge on any atom is 0.330 e. The molecule has 0 spiro atoms. The Kier molecular flexibility index (Phi) is 4.91. The van der Waals surface area contributed by atoms with Crippen molar-refractivity contribution in [3.8, 4) is 0 Å². The third-order valence-corrected chi connectivity index (χ3v) is 3.90. The number of hydrogen-bond donors (Lipinski definition) is 3. The molecule has 0 bridgehead atoms. The van der Waals surface area contributed by atoms with Crippen molar-refractivity contribution in [2.45, 2.75) is 31.1 Å². The summed E-state index contributed by atoms with van der Waals surface area (Å²) < 4.78 is 12.4. The second kappa shape index (κ2) is 7.10. The van der Waals surface area contributed by atoms with Gasteiger partial charge in [-0.05, 0) is 5.56 Å². The van der Waals surface area contributed by atoms with Gasteiger partial charge in [-0.2, -0.15) is 0 Å². The molecule has 1 fully saturated rings. The quantitative estimate of drug-likeness (QED) is 0.671. The number of aromatic nitrogens is 2. The highest BCUT2D eigenvalue weighted by atomic mass is 16.6. The molecule has 0 amide bonds. The molecule has 1 aromatic carbocycles. The molecule has 1 saturated heterocycles. The van der Waals surface area contributed by atoms with Crippen LogP contribution in [0.1, 0.15) is 11.8 Å². The molecule has 1 aliphatic rings. The topological polar surface area (TPSA) is 114 Å². The molecule has 2 aromatic rings. The van der Waals surface area contributed by atoms with E-state index in [0.717, 1.165) is 10.1 Å². The first-order valence-electron chi connectivity index (χ1n) is 7.51. The summed E-state index contributed by atoms with van der Waals surface area (Å²) in [5.74, 6) is 0. The predicted octanol–water partition coefficient (Wildman–Crippen LogP) is -0.627. The summed E-state index contributed by atoms with van der Waals surface area (Å²) in [7, 11) is 0. The summed E-state index contributed by atoms with van der Waals surface area (Å²) in [6, 6.07) is 10.5. The van der Waals surface area contributed by atoms with Gasteiger partial charge in [0.1, 0.15) is 18.3 Å². The summed E-state index contributed by atoms with van der Waals surface area (Å²) in [6.45, 7) is -0.209. The lowest BCUT2D eigenvalue weighted by Crippen LogP contribution is -2.39. The van der Waals surface area contributed by atoms with E-state index in [1.165, 1.54) is 12.3 Å². The van der Waals surface area contributed by atoms with Crippen LogP contribution in [0.2, 0.25) is 0 Å². The third-order valence-electron chi connectivity index (χ3n) is 3.90. The van der Waals surface area contributed by atoms with Crippen molar-refractivity contribution in [3.63, 3.8) is 0 Å². The summed E-state index contributed by atoms with van der Waals surface area (Å²) in [4.78, 5) is 25.3. The van der Waals surface area contributed by atoms with E-state index in [4.69, 9.17) is 9.47 Å².